The third-order valence-corrected chi connectivity index (χ3v) is 6.10. The molecule has 0 spiro atoms. The third kappa shape index (κ3) is 3.17. The molecule has 8 heteroatoms. The minimum atomic E-state index is -0.347. The number of fused-ring (bicyclic) bond motifs is 2. The van der Waals surface area contributed by atoms with Gasteiger partial charge in [-0.2, -0.15) is 0 Å². The lowest BCUT2D eigenvalue weighted by molar-refractivity contribution is -0.122. The summed E-state index contributed by atoms with van der Waals surface area (Å²) in [6.07, 6.45) is 1.39. The highest BCUT2D eigenvalue weighted by Crippen LogP contribution is 2.31. The summed E-state index contributed by atoms with van der Waals surface area (Å²) < 4.78 is 1.80. The van der Waals surface area contributed by atoms with Crippen molar-refractivity contribution < 1.29 is 9.59 Å². The quantitative estimate of drug-likeness (QED) is 0.556. The van der Waals surface area contributed by atoms with Crippen LogP contribution in [0.25, 0.3) is 20.7 Å². The molecule has 148 valence electrons. The molecule has 2 amide bonds. The van der Waals surface area contributed by atoms with Gasteiger partial charge in [0, 0.05) is 4.88 Å². The summed E-state index contributed by atoms with van der Waals surface area (Å²) in [6, 6.07) is 18.8. The minimum absolute atomic E-state index is 0.0859. The largest absolute Gasteiger partial charge is 0.323 e. The van der Waals surface area contributed by atoms with Gasteiger partial charge in [-0.3, -0.25) is 23.9 Å². The van der Waals surface area contributed by atoms with E-state index in [9.17, 15) is 14.4 Å². The Hall–Kier alpha value is -3.78. The van der Waals surface area contributed by atoms with Gasteiger partial charge in [-0.05, 0) is 23.8 Å². The fraction of sp³-hybridized carbons (Fsp3) is 0.0909. The number of thiophene rings is 1. The van der Waals surface area contributed by atoms with Gasteiger partial charge in [0.1, 0.15) is 17.8 Å². The van der Waals surface area contributed by atoms with Crippen LogP contribution in [0.3, 0.4) is 0 Å². The van der Waals surface area contributed by atoms with Gasteiger partial charge in [-0.1, -0.05) is 42.5 Å². The van der Waals surface area contributed by atoms with Crippen molar-refractivity contribution in [3.63, 3.8) is 0 Å². The molecule has 0 unspecified atom stereocenters. The molecule has 1 aliphatic rings. The van der Waals surface area contributed by atoms with E-state index >= 15 is 0 Å². The Labute approximate surface area is 175 Å². The first-order chi connectivity index (χ1) is 14.6. The second-order valence-corrected chi connectivity index (χ2v) is 7.97. The number of anilines is 2. The fourth-order valence-electron chi connectivity index (χ4n) is 3.49. The van der Waals surface area contributed by atoms with Crippen molar-refractivity contribution >= 4 is 44.7 Å². The molecule has 3 heterocycles. The fourth-order valence-corrected chi connectivity index (χ4v) is 4.55. The van der Waals surface area contributed by atoms with Gasteiger partial charge >= 0.3 is 0 Å². The molecule has 0 bridgehead atoms. The first-order valence-electron chi connectivity index (χ1n) is 9.34. The van der Waals surface area contributed by atoms with E-state index in [1.807, 2.05) is 36.4 Å². The number of rotatable bonds is 3. The molecular formula is C22H16N4O3S. The highest BCUT2D eigenvalue weighted by molar-refractivity contribution is 7.22. The number of hydrogen-bond acceptors (Lipinski definition) is 5. The van der Waals surface area contributed by atoms with Crippen LogP contribution in [0.5, 0.6) is 0 Å². The molecule has 5 rings (SSSR count). The van der Waals surface area contributed by atoms with E-state index in [2.05, 4.69) is 10.3 Å². The van der Waals surface area contributed by atoms with Crippen molar-refractivity contribution in [3.8, 4) is 10.4 Å². The monoisotopic (exact) mass is 416 g/mol. The summed E-state index contributed by atoms with van der Waals surface area (Å²) in [4.78, 5) is 44.6. The van der Waals surface area contributed by atoms with Crippen molar-refractivity contribution in [1.82, 2.24) is 9.55 Å². The Morgan fingerprint density at radius 1 is 1.07 bits per heavy atom. The Balaban J connectivity index is 1.47. The predicted molar refractivity (Wildman–Crippen MR) is 117 cm³/mol. The van der Waals surface area contributed by atoms with Crippen LogP contribution in [0.1, 0.15) is 0 Å². The predicted octanol–water partition coefficient (Wildman–Crippen LogP) is 3.11. The molecular weight excluding hydrogens is 400 g/mol. The second kappa shape index (κ2) is 7.23. The summed E-state index contributed by atoms with van der Waals surface area (Å²) >= 11 is 1.36. The van der Waals surface area contributed by atoms with Crippen LogP contribution in [0.4, 0.5) is 11.4 Å². The molecule has 4 aromatic rings. The average molecular weight is 416 g/mol. The van der Waals surface area contributed by atoms with E-state index in [4.69, 9.17) is 0 Å². The molecule has 1 N–H and O–H groups in total. The van der Waals surface area contributed by atoms with E-state index in [1.54, 1.807) is 24.3 Å². The van der Waals surface area contributed by atoms with Crippen LogP contribution >= 0.6 is 11.3 Å². The Bertz CT molecular complexity index is 1340. The summed E-state index contributed by atoms with van der Waals surface area (Å²) in [5.74, 6) is -0.617. The van der Waals surface area contributed by atoms with Crippen molar-refractivity contribution in [2.45, 2.75) is 6.54 Å². The molecule has 7 nitrogen and oxygen atoms in total. The van der Waals surface area contributed by atoms with Gasteiger partial charge < -0.3 is 5.32 Å². The van der Waals surface area contributed by atoms with E-state index < -0.39 is 0 Å². The van der Waals surface area contributed by atoms with Gasteiger partial charge in [-0.25, -0.2) is 4.98 Å². The number of para-hydroxylation sites is 2. The lowest BCUT2D eigenvalue weighted by Gasteiger charge is -2.29. The zero-order valence-electron chi connectivity index (χ0n) is 15.7. The smallest absolute Gasteiger partial charge is 0.271 e. The number of nitrogens with one attached hydrogen (secondary N) is 1. The van der Waals surface area contributed by atoms with E-state index in [0.29, 0.717) is 21.6 Å². The van der Waals surface area contributed by atoms with Crippen LogP contribution in [0.2, 0.25) is 0 Å². The molecule has 0 atom stereocenters. The topological polar surface area (TPSA) is 84.3 Å². The van der Waals surface area contributed by atoms with Crippen LogP contribution < -0.4 is 15.8 Å². The van der Waals surface area contributed by atoms with Gasteiger partial charge in [0.2, 0.25) is 11.8 Å². The van der Waals surface area contributed by atoms with Crippen LogP contribution in [0, 0.1) is 0 Å². The second-order valence-electron chi connectivity index (χ2n) is 6.91. The molecule has 2 aromatic carbocycles. The average Bonchev–Trinajstić information content (AvgIpc) is 3.21. The first-order valence-corrected chi connectivity index (χ1v) is 10.2. The van der Waals surface area contributed by atoms with Crippen LogP contribution in [-0.2, 0) is 16.1 Å². The summed E-state index contributed by atoms with van der Waals surface area (Å²) in [5.41, 5.74) is 2.55. The van der Waals surface area contributed by atoms with Crippen LogP contribution in [0.15, 0.2) is 71.8 Å². The summed E-state index contributed by atoms with van der Waals surface area (Å²) in [6.45, 7) is -0.278. The number of benzene rings is 2. The van der Waals surface area contributed by atoms with Gasteiger partial charge in [0.05, 0.1) is 23.2 Å². The van der Waals surface area contributed by atoms with Gasteiger partial charge in [0.15, 0.2) is 0 Å². The van der Waals surface area contributed by atoms with Gasteiger partial charge in [-0.15, -0.1) is 11.3 Å². The SMILES string of the molecule is O=C1CN(C(=O)Cn2cnc3cc(-c4ccccc4)sc3c2=O)c2ccccc2N1. The lowest BCUT2D eigenvalue weighted by Crippen LogP contribution is -2.44. The van der Waals surface area contributed by atoms with E-state index in [1.165, 1.54) is 27.1 Å². The van der Waals surface area contributed by atoms with Crippen LogP contribution in [-0.4, -0.2) is 27.9 Å². The minimum Gasteiger partial charge on any atom is -0.323 e. The highest BCUT2D eigenvalue weighted by atomic mass is 32.1. The molecule has 30 heavy (non-hydrogen) atoms. The molecule has 0 aliphatic carbocycles. The number of amides is 2. The van der Waals surface area contributed by atoms with E-state index in [0.717, 1.165) is 10.4 Å². The molecule has 0 fully saturated rings. The van der Waals surface area contributed by atoms with Crippen molar-refractivity contribution in [1.29, 1.82) is 0 Å². The number of hydrogen-bond donors (Lipinski definition) is 1. The lowest BCUT2D eigenvalue weighted by atomic mass is 10.2. The van der Waals surface area contributed by atoms with Gasteiger partial charge in [0.25, 0.3) is 5.56 Å². The highest BCUT2D eigenvalue weighted by Gasteiger charge is 2.27. The Morgan fingerprint density at radius 2 is 1.83 bits per heavy atom. The third-order valence-electron chi connectivity index (χ3n) is 4.94. The Morgan fingerprint density at radius 3 is 2.67 bits per heavy atom. The Kier molecular flexibility index (Phi) is 4.40. The molecule has 0 saturated carbocycles. The number of nitrogens with zero attached hydrogens (tertiary/aromatic N) is 3. The summed E-state index contributed by atoms with van der Waals surface area (Å²) in [5, 5.41) is 2.75. The normalized spacial score (nSPS) is 13.2. The maximum Gasteiger partial charge on any atom is 0.271 e. The first kappa shape index (κ1) is 18.3. The molecule has 0 radical (unpaired) electrons. The molecule has 1 aliphatic heterocycles. The zero-order valence-corrected chi connectivity index (χ0v) is 16.6. The summed E-state index contributed by atoms with van der Waals surface area (Å²) in [7, 11) is 0. The maximum atomic E-state index is 13.0. The van der Waals surface area contributed by atoms with Crippen molar-refractivity contribution in [2.24, 2.45) is 0 Å². The number of carbonyl (C=O) groups is 2. The molecule has 0 saturated heterocycles. The zero-order chi connectivity index (χ0) is 20.7. The maximum absolute atomic E-state index is 13.0. The van der Waals surface area contributed by atoms with Crippen molar-refractivity contribution in [3.05, 3.63) is 77.3 Å². The number of aromatic nitrogens is 2. The number of carbonyl (C=O) groups excluding carboxylic acids is 2. The van der Waals surface area contributed by atoms with E-state index in [-0.39, 0.29) is 30.5 Å². The standard InChI is InChI=1S/C22H16N4O3S/c27-19-11-26(17-9-5-4-8-15(17)24-19)20(28)12-25-13-23-16-10-18(30-21(16)22(25)29)14-6-2-1-3-7-14/h1-10,13H,11-12H2,(H,24,27). The molecule has 2 aromatic heterocycles. The van der Waals surface area contributed by atoms with Crippen molar-refractivity contribution in [2.75, 3.05) is 16.8 Å².